The highest BCUT2D eigenvalue weighted by molar-refractivity contribution is 8.00. The third-order valence-corrected chi connectivity index (χ3v) is 5.91. The van der Waals surface area contributed by atoms with Crippen LogP contribution in [0.4, 0.5) is 18.9 Å². The van der Waals surface area contributed by atoms with E-state index in [2.05, 4.69) is 29.5 Å². The number of hydrogen-bond donors (Lipinski definition) is 2. The Balaban J connectivity index is 1.57. The van der Waals surface area contributed by atoms with E-state index in [0.29, 0.717) is 17.1 Å². The summed E-state index contributed by atoms with van der Waals surface area (Å²) < 4.78 is 41.8. The first kappa shape index (κ1) is 24.4. The molecule has 0 spiro atoms. The number of anilines is 1. The number of nitrogens with one attached hydrogen (secondary N) is 2. The molecule has 0 aliphatic heterocycles. The topological polar surface area (TPSA) is 76.0 Å². The van der Waals surface area contributed by atoms with E-state index in [4.69, 9.17) is 0 Å². The average molecular weight is 477 g/mol. The molecule has 10 heteroatoms. The van der Waals surface area contributed by atoms with Crippen LogP contribution in [0, 0.1) is 17.5 Å². The Bertz CT molecular complexity index is 1150. The van der Waals surface area contributed by atoms with Crippen molar-refractivity contribution >= 4 is 29.3 Å². The Labute approximate surface area is 193 Å². The Kier molecular flexibility index (Phi) is 7.80. The number of halogens is 3. The summed E-state index contributed by atoms with van der Waals surface area (Å²) in [5.74, 6) is -5.36. The first-order valence-corrected chi connectivity index (χ1v) is 11.1. The van der Waals surface area contributed by atoms with Crippen molar-refractivity contribution < 1.29 is 22.8 Å². The summed E-state index contributed by atoms with van der Waals surface area (Å²) in [5.41, 5.74) is 1.60. The van der Waals surface area contributed by atoms with Crippen molar-refractivity contribution in [1.29, 1.82) is 0 Å². The molecule has 0 bridgehead atoms. The zero-order valence-corrected chi connectivity index (χ0v) is 19.1. The predicted octanol–water partition coefficient (Wildman–Crippen LogP) is 4.65. The number of amides is 2. The Hall–Kier alpha value is -3.27. The number of imidazole rings is 1. The lowest BCUT2D eigenvalue weighted by atomic mass is 10.0. The molecule has 0 aliphatic carbocycles. The van der Waals surface area contributed by atoms with Gasteiger partial charge in [-0.3, -0.25) is 14.2 Å². The van der Waals surface area contributed by atoms with E-state index in [0.717, 1.165) is 11.8 Å². The lowest BCUT2D eigenvalue weighted by Crippen LogP contribution is -2.37. The molecule has 1 unspecified atom stereocenters. The van der Waals surface area contributed by atoms with Gasteiger partial charge in [0.2, 0.25) is 11.8 Å². The van der Waals surface area contributed by atoms with Crippen LogP contribution in [0.25, 0.3) is 5.69 Å². The van der Waals surface area contributed by atoms with Crippen LogP contribution in [0.2, 0.25) is 0 Å². The number of carbonyl (C=O) groups excluding carboxylic acids is 2. The molecule has 174 valence electrons. The second-order valence-electron chi connectivity index (χ2n) is 7.58. The van der Waals surface area contributed by atoms with Crippen LogP contribution in [0.3, 0.4) is 0 Å². The molecule has 0 saturated heterocycles. The van der Waals surface area contributed by atoms with E-state index in [-0.39, 0.29) is 0 Å². The van der Waals surface area contributed by atoms with Gasteiger partial charge in [0.1, 0.15) is 0 Å². The maximum Gasteiger partial charge on any atom is 0.243 e. The molecule has 2 aromatic carbocycles. The van der Waals surface area contributed by atoms with Crippen molar-refractivity contribution in [1.82, 2.24) is 14.9 Å². The molecule has 2 N–H and O–H groups in total. The molecule has 33 heavy (non-hydrogen) atoms. The van der Waals surface area contributed by atoms with Crippen molar-refractivity contribution in [2.75, 3.05) is 11.9 Å². The minimum atomic E-state index is -1.68. The van der Waals surface area contributed by atoms with Gasteiger partial charge in [-0.25, -0.2) is 18.2 Å². The van der Waals surface area contributed by atoms with Crippen LogP contribution < -0.4 is 10.6 Å². The zero-order chi connectivity index (χ0) is 24.1. The van der Waals surface area contributed by atoms with Crippen LogP contribution in [0.15, 0.2) is 53.9 Å². The fraction of sp³-hybridized carbons (Fsp3) is 0.261. The first-order chi connectivity index (χ1) is 15.7. The standard InChI is InChI=1S/C23H23F3N4O2S/c1-13(2)15-4-6-16(7-5-15)30-11-10-27-23(30)33-14(3)22(32)28-12-19(31)29-18-9-8-17(24)20(25)21(18)26/h4-11,13-14H,12H2,1-3H3,(H,28,32)(H,29,31). The molecule has 0 saturated carbocycles. The molecule has 1 aromatic heterocycles. The van der Waals surface area contributed by atoms with Gasteiger partial charge >= 0.3 is 0 Å². The molecule has 0 aliphatic rings. The quantitative estimate of drug-likeness (QED) is 0.367. The van der Waals surface area contributed by atoms with Gasteiger partial charge in [0.05, 0.1) is 17.5 Å². The number of benzene rings is 2. The summed E-state index contributed by atoms with van der Waals surface area (Å²) in [7, 11) is 0. The third-order valence-electron chi connectivity index (χ3n) is 4.83. The lowest BCUT2D eigenvalue weighted by molar-refractivity contribution is -0.123. The van der Waals surface area contributed by atoms with Crippen LogP contribution in [0.5, 0.6) is 0 Å². The van der Waals surface area contributed by atoms with Gasteiger partial charge in [0.25, 0.3) is 0 Å². The highest BCUT2D eigenvalue weighted by Crippen LogP contribution is 2.26. The minimum Gasteiger partial charge on any atom is -0.346 e. The number of carbonyl (C=O) groups is 2. The van der Waals surface area contributed by atoms with Gasteiger partial charge in [0.15, 0.2) is 22.6 Å². The second kappa shape index (κ2) is 10.6. The van der Waals surface area contributed by atoms with Crippen molar-refractivity contribution in [3.63, 3.8) is 0 Å². The van der Waals surface area contributed by atoms with E-state index in [9.17, 15) is 22.8 Å². The van der Waals surface area contributed by atoms with Gasteiger partial charge in [0, 0.05) is 18.1 Å². The minimum absolute atomic E-state index is 0.412. The van der Waals surface area contributed by atoms with Crippen LogP contribution >= 0.6 is 11.8 Å². The van der Waals surface area contributed by atoms with E-state index < -0.39 is 46.7 Å². The molecular formula is C23H23F3N4O2S. The lowest BCUT2D eigenvalue weighted by Gasteiger charge is -2.14. The van der Waals surface area contributed by atoms with E-state index in [1.165, 1.54) is 17.3 Å². The number of aromatic nitrogens is 2. The number of nitrogens with zero attached hydrogens (tertiary/aromatic N) is 2. The van der Waals surface area contributed by atoms with Crippen molar-refractivity contribution in [2.24, 2.45) is 0 Å². The fourth-order valence-corrected chi connectivity index (χ4v) is 3.84. The summed E-state index contributed by atoms with van der Waals surface area (Å²) in [6.45, 7) is 5.42. The normalized spacial score (nSPS) is 12.0. The average Bonchev–Trinajstić information content (AvgIpc) is 3.25. The number of thioether (sulfide) groups is 1. The summed E-state index contributed by atoms with van der Waals surface area (Å²) in [4.78, 5) is 28.7. The highest BCUT2D eigenvalue weighted by atomic mass is 32.2. The van der Waals surface area contributed by atoms with E-state index in [1.54, 1.807) is 19.3 Å². The van der Waals surface area contributed by atoms with Gasteiger partial charge < -0.3 is 10.6 Å². The SMILES string of the molecule is CC(Sc1nccn1-c1ccc(C(C)C)cc1)C(=O)NCC(=O)Nc1ccc(F)c(F)c1F. The number of rotatable bonds is 8. The van der Waals surface area contributed by atoms with Gasteiger partial charge in [-0.05, 0) is 42.7 Å². The monoisotopic (exact) mass is 476 g/mol. The van der Waals surface area contributed by atoms with Crippen molar-refractivity contribution in [3.05, 3.63) is 71.8 Å². The zero-order valence-electron chi connectivity index (χ0n) is 18.2. The van der Waals surface area contributed by atoms with Gasteiger partial charge in [-0.1, -0.05) is 37.7 Å². The maximum atomic E-state index is 13.7. The van der Waals surface area contributed by atoms with Crippen molar-refractivity contribution in [2.45, 2.75) is 37.1 Å². The predicted molar refractivity (Wildman–Crippen MR) is 121 cm³/mol. The molecule has 2 amide bonds. The van der Waals surface area contributed by atoms with E-state index >= 15 is 0 Å². The summed E-state index contributed by atoms with van der Waals surface area (Å²) in [5, 5.41) is 4.55. The smallest absolute Gasteiger partial charge is 0.243 e. The Morgan fingerprint density at radius 1 is 1.03 bits per heavy atom. The Morgan fingerprint density at radius 3 is 2.39 bits per heavy atom. The maximum absolute atomic E-state index is 13.7. The van der Waals surface area contributed by atoms with Crippen LogP contribution in [-0.4, -0.2) is 33.2 Å². The molecule has 0 fully saturated rings. The fourth-order valence-electron chi connectivity index (χ4n) is 2.93. The highest BCUT2D eigenvalue weighted by Gasteiger charge is 2.20. The Morgan fingerprint density at radius 2 is 1.73 bits per heavy atom. The largest absolute Gasteiger partial charge is 0.346 e. The first-order valence-electron chi connectivity index (χ1n) is 10.2. The third kappa shape index (κ3) is 5.95. The van der Waals surface area contributed by atoms with Crippen LogP contribution in [0.1, 0.15) is 32.3 Å². The van der Waals surface area contributed by atoms with Gasteiger partial charge in [-0.15, -0.1) is 0 Å². The van der Waals surface area contributed by atoms with E-state index in [1.807, 2.05) is 28.8 Å². The molecule has 1 atom stereocenters. The summed E-state index contributed by atoms with van der Waals surface area (Å²) in [6.07, 6.45) is 3.42. The molecule has 1 heterocycles. The van der Waals surface area contributed by atoms with Crippen LogP contribution in [-0.2, 0) is 9.59 Å². The molecule has 0 radical (unpaired) electrons. The summed E-state index contributed by atoms with van der Waals surface area (Å²) in [6, 6.07) is 9.64. The molecule has 3 aromatic rings. The molecule has 6 nitrogen and oxygen atoms in total. The molecular weight excluding hydrogens is 453 g/mol. The summed E-state index contributed by atoms with van der Waals surface area (Å²) >= 11 is 1.21. The van der Waals surface area contributed by atoms with Gasteiger partial charge in [-0.2, -0.15) is 0 Å². The molecule has 3 rings (SSSR count). The second-order valence-corrected chi connectivity index (χ2v) is 8.88. The number of hydrogen-bond acceptors (Lipinski definition) is 4. The van der Waals surface area contributed by atoms with Crippen molar-refractivity contribution in [3.8, 4) is 5.69 Å².